The van der Waals surface area contributed by atoms with Gasteiger partial charge in [0, 0.05) is 27.2 Å². The minimum atomic E-state index is -0.477. The number of rotatable bonds is 5. The van der Waals surface area contributed by atoms with Crippen LogP contribution in [0.25, 0.3) is 0 Å². The second-order valence-corrected chi connectivity index (χ2v) is 6.35. The summed E-state index contributed by atoms with van der Waals surface area (Å²) in [6, 6.07) is 11.8. The van der Waals surface area contributed by atoms with Crippen LogP contribution in [0.4, 0.5) is 4.39 Å². The fourth-order valence-corrected chi connectivity index (χ4v) is 3.36. The van der Waals surface area contributed by atoms with Crippen molar-refractivity contribution in [3.63, 3.8) is 0 Å². The molecule has 21 heavy (non-hydrogen) atoms. The van der Waals surface area contributed by atoms with Crippen molar-refractivity contribution in [3.8, 4) is 0 Å². The fraction of sp³-hybridized carbons (Fsp3) is 0.250. The smallest absolute Gasteiger partial charge is 0.124 e. The van der Waals surface area contributed by atoms with Gasteiger partial charge in [0.05, 0.1) is 0 Å². The summed E-state index contributed by atoms with van der Waals surface area (Å²) in [5.74, 6) is 0.287. The Hall–Kier alpha value is -0.470. The van der Waals surface area contributed by atoms with Gasteiger partial charge in [0.15, 0.2) is 0 Å². The predicted octanol–water partition coefficient (Wildman–Crippen LogP) is 6.09. The topological polar surface area (TPSA) is 0 Å². The first-order valence-electron chi connectivity index (χ1n) is 6.33. The summed E-state index contributed by atoms with van der Waals surface area (Å²) in [6.45, 7) is 0. The minimum absolute atomic E-state index is 0.325. The molecule has 0 aromatic heterocycles. The predicted molar refractivity (Wildman–Crippen MR) is 89.7 cm³/mol. The second kappa shape index (κ2) is 7.19. The molecule has 0 heterocycles. The van der Waals surface area contributed by atoms with E-state index in [2.05, 4.69) is 0 Å². The Morgan fingerprint density at radius 2 is 1.52 bits per heavy atom. The molecule has 0 N–H and O–H groups in total. The van der Waals surface area contributed by atoms with Gasteiger partial charge in [-0.1, -0.05) is 41.4 Å². The molecule has 0 saturated heterocycles. The van der Waals surface area contributed by atoms with Gasteiger partial charge in [0.2, 0.25) is 0 Å². The van der Waals surface area contributed by atoms with Crippen LogP contribution in [0, 0.1) is 5.82 Å². The van der Waals surface area contributed by atoms with Crippen molar-refractivity contribution in [1.29, 1.82) is 0 Å². The zero-order valence-electron chi connectivity index (χ0n) is 11.1. The Morgan fingerprint density at radius 1 is 0.905 bits per heavy atom. The van der Waals surface area contributed by atoms with E-state index >= 15 is 0 Å². The van der Waals surface area contributed by atoms with Crippen molar-refractivity contribution in [2.45, 2.75) is 11.8 Å². The molecule has 0 unspecified atom stereocenters. The fourth-order valence-electron chi connectivity index (χ4n) is 2.22. The van der Waals surface area contributed by atoms with Crippen LogP contribution in [0.5, 0.6) is 0 Å². The third-order valence-corrected chi connectivity index (χ3v) is 5.14. The molecule has 0 spiro atoms. The van der Waals surface area contributed by atoms with Crippen molar-refractivity contribution in [3.05, 3.63) is 69.5 Å². The number of halogens is 5. The van der Waals surface area contributed by atoms with Crippen molar-refractivity contribution >= 4 is 46.4 Å². The summed E-state index contributed by atoms with van der Waals surface area (Å²) in [7, 11) is 0. The summed E-state index contributed by atoms with van der Waals surface area (Å²) in [4.78, 5) is 0. The molecule has 112 valence electrons. The van der Waals surface area contributed by atoms with E-state index in [4.69, 9.17) is 46.4 Å². The third-order valence-electron chi connectivity index (χ3n) is 3.51. The monoisotopic (exact) mass is 364 g/mol. The van der Waals surface area contributed by atoms with Gasteiger partial charge in [0.1, 0.15) is 5.82 Å². The van der Waals surface area contributed by atoms with Gasteiger partial charge in [-0.25, -0.2) is 4.39 Å². The molecule has 0 fully saturated rings. The molecule has 0 aliphatic heterocycles. The molecular weight excluding hydrogens is 353 g/mol. The molecule has 2 rings (SSSR count). The summed E-state index contributed by atoms with van der Waals surface area (Å²) in [5, 5.41) is 1.03. The molecule has 0 aliphatic rings. The highest BCUT2D eigenvalue weighted by molar-refractivity contribution is 6.31. The second-order valence-electron chi connectivity index (χ2n) is 4.97. The molecule has 2 aromatic carbocycles. The van der Waals surface area contributed by atoms with Crippen LogP contribution in [0.3, 0.4) is 0 Å². The summed E-state index contributed by atoms with van der Waals surface area (Å²) < 4.78 is 13.2. The van der Waals surface area contributed by atoms with E-state index < -0.39 is 5.41 Å². The first-order chi connectivity index (χ1) is 10.0. The molecule has 2 aromatic rings. The Labute approximate surface area is 143 Å². The van der Waals surface area contributed by atoms with E-state index in [1.54, 1.807) is 18.2 Å². The number of hydrogen-bond donors (Lipinski definition) is 0. The normalized spacial score (nSPS) is 11.7. The first kappa shape index (κ1) is 16.9. The van der Waals surface area contributed by atoms with Crippen LogP contribution in [0.1, 0.15) is 11.1 Å². The Kier molecular flexibility index (Phi) is 5.79. The summed E-state index contributed by atoms with van der Waals surface area (Å²) in [5.41, 5.74) is 1.32. The SMILES string of the molecule is Fc1ccc(CC(CCl)(CCl)c2ccc(Cl)cc2)c(Cl)c1. The molecular formula is C16H13Cl4F. The molecule has 0 atom stereocenters. The van der Waals surface area contributed by atoms with Gasteiger partial charge >= 0.3 is 0 Å². The molecule has 5 heteroatoms. The number of alkyl halides is 2. The third kappa shape index (κ3) is 3.84. The highest BCUT2D eigenvalue weighted by Gasteiger charge is 2.31. The first-order valence-corrected chi connectivity index (χ1v) is 8.15. The van der Waals surface area contributed by atoms with E-state index in [0.717, 1.165) is 11.1 Å². The van der Waals surface area contributed by atoms with Crippen LogP contribution in [-0.4, -0.2) is 11.8 Å². The van der Waals surface area contributed by atoms with Gasteiger partial charge in [0.25, 0.3) is 0 Å². The van der Waals surface area contributed by atoms with Crippen LogP contribution < -0.4 is 0 Å². The highest BCUT2D eigenvalue weighted by atomic mass is 35.5. The zero-order valence-corrected chi connectivity index (χ0v) is 14.1. The Morgan fingerprint density at radius 3 is 2.05 bits per heavy atom. The van der Waals surface area contributed by atoms with Gasteiger partial charge < -0.3 is 0 Å². The lowest BCUT2D eigenvalue weighted by Gasteiger charge is -2.31. The quantitative estimate of drug-likeness (QED) is 0.562. The van der Waals surface area contributed by atoms with E-state index in [9.17, 15) is 4.39 Å². The average molecular weight is 366 g/mol. The summed E-state index contributed by atoms with van der Waals surface area (Å²) >= 11 is 24.4. The van der Waals surface area contributed by atoms with E-state index in [-0.39, 0.29) is 5.82 Å². The number of benzene rings is 2. The summed E-state index contributed by atoms with van der Waals surface area (Å²) in [6.07, 6.45) is 0.529. The van der Waals surface area contributed by atoms with Crippen molar-refractivity contribution in [2.24, 2.45) is 0 Å². The molecule has 0 aliphatic carbocycles. The Bertz CT molecular complexity index is 606. The standard InChI is InChI=1S/C16H13Cl4F/c17-9-16(10-18,12-2-4-13(19)5-3-12)8-11-1-6-14(21)7-15(11)20/h1-7H,8-10H2. The largest absolute Gasteiger partial charge is 0.207 e. The lowest BCUT2D eigenvalue weighted by molar-refractivity contribution is 0.535. The van der Waals surface area contributed by atoms with Crippen LogP contribution in [0.15, 0.2) is 42.5 Å². The maximum Gasteiger partial charge on any atom is 0.124 e. The lowest BCUT2D eigenvalue weighted by atomic mass is 9.78. The van der Waals surface area contributed by atoms with Crippen LogP contribution in [-0.2, 0) is 11.8 Å². The molecule has 0 radical (unpaired) electrons. The molecule has 0 amide bonds. The molecule has 0 bridgehead atoms. The minimum Gasteiger partial charge on any atom is -0.207 e. The maximum absolute atomic E-state index is 13.2. The zero-order chi connectivity index (χ0) is 15.5. The molecule has 0 nitrogen and oxygen atoms in total. The van der Waals surface area contributed by atoms with Gasteiger partial charge in [-0.15, -0.1) is 23.2 Å². The van der Waals surface area contributed by atoms with Gasteiger partial charge in [-0.05, 0) is 41.8 Å². The highest BCUT2D eigenvalue weighted by Crippen LogP contribution is 2.34. The van der Waals surface area contributed by atoms with E-state index in [0.29, 0.717) is 28.2 Å². The van der Waals surface area contributed by atoms with Crippen LogP contribution >= 0.6 is 46.4 Å². The average Bonchev–Trinajstić information content (AvgIpc) is 2.48. The van der Waals surface area contributed by atoms with Crippen molar-refractivity contribution in [1.82, 2.24) is 0 Å². The number of hydrogen-bond acceptors (Lipinski definition) is 0. The van der Waals surface area contributed by atoms with Crippen LogP contribution in [0.2, 0.25) is 10.0 Å². The van der Waals surface area contributed by atoms with Crippen molar-refractivity contribution < 1.29 is 4.39 Å². The van der Waals surface area contributed by atoms with E-state index in [1.165, 1.54) is 12.1 Å². The lowest BCUT2D eigenvalue weighted by Crippen LogP contribution is -2.33. The van der Waals surface area contributed by atoms with Crippen molar-refractivity contribution in [2.75, 3.05) is 11.8 Å². The molecule has 0 saturated carbocycles. The van der Waals surface area contributed by atoms with Gasteiger partial charge in [-0.3, -0.25) is 0 Å². The van der Waals surface area contributed by atoms with Gasteiger partial charge in [-0.2, -0.15) is 0 Å². The maximum atomic E-state index is 13.2. The Balaban J connectivity index is 2.40. The van der Waals surface area contributed by atoms with E-state index in [1.807, 2.05) is 12.1 Å².